The number of benzene rings is 1. The molecule has 0 aliphatic rings. The summed E-state index contributed by atoms with van der Waals surface area (Å²) in [5, 5.41) is 11.5. The van der Waals surface area contributed by atoms with Gasteiger partial charge in [-0.3, -0.25) is 4.79 Å². The molecule has 1 aromatic rings. The molecule has 22 heavy (non-hydrogen) atoms. The van der Waals surface area contributed by atoms with Crippen molar-refractivity contribution in [1.29, 1.82) is 0 Å². The number of nitrogens with zero attached hydrogens (tertiary/aromatic N) is 1. The molecule has 2 N–H and O–H groups in total. The number of carboxylic acids is 1. The minimum Gasteiger partial charge on any atom is -0.480 e. The maximum absolute atomic E-state index is 11.8. The predicted molar refractivity (Wildman–Crippen MR) is 81.8 cm³/mol. The van der Waals surface area contributed by atoms with Crippen molar-refractivity contribution in [3.05, 3.63) is 35.9 Å². The Bertz CT molecular complexity index is 615. The van der Waals surface area contributed by atoms with E-state index >= 15 is 0 Å². The van der Waals surface area contributed by atoms with Crippen LogP contribution in [0.1, 0.15) is 12.5 Å². The number of hydrogen-bond donors (Lipinski definition) is 2. The molecule has 1 atom stereocenters. The van der Waals surface area contributed by atoms with Crippen molar-refractivity contribution in [2.75, 3.05) is 19.3 Å². The number of nitrogens with one attached hydrogen (secondary N) is 1. The van der Waals surface area contributed by atoms with Crippen molar-refractivity contribution in [3.8, 4) is 0 Å². The smallest absolute Gasteiger partial charge is 0.326 e. The lowest BCUT2D eigenvalue weighted by Crippen LogP contribution is -2.47. The van der Waals surface area contributed by atoms with Crippen LogP contribution in [0.15, 0.2) is 30.3 Å². The summed E-state index contributed by atoms with van der Waals surface area (Å²) < 4.78 is 24.1. The fourth-order valence-corrected chi connectivity index (χ4v) is 2.57. The fourth-order valence-electron chi connectivity index (χ4n) is 1.81. The lowest BCUT2D eigenvalue weighted by Gasteiger charge is -2.18. The number of sulfonamides is 1. The van der Waals surface area contributed by atoms with Gasteiger partial charge in [0.1, 0.15) is 6.04 Å². The highest BCUT2D eigenvalue weighted by molar-refractivity contribution is 7.89. The zero-order valence-electron chi connectivity index (χ0n) is 12.5. The Morgan fingerprint density at radius 1 is 1.27 bits per heavy atom. The molecular formula is C14H20N2O5S. The molecule has 0 aliphatic carbocycles. The van der Waals surface area contributed by atoms with Crippen molar-refractivity contribution < 1.29 is 23.1 Å². The van der Waals surface area contributed by atoms with Gasteiger partial charge in [-0.2, -0.15) is 4.31 Å². The van der Waals surface area contributed by atoms with E-state index in [0.29, 0.717) is 0 Å². The molecule has 1 aromatic carbocycles. The molecule has 0 saturated carbocycles. The third-order valence-electron chi connectivity index (χ3n) is 3.12. The topological polar surface area (TPSA) is 104 Å². The molecule has 0 aliphatic heterocycles. The van der Waals surface area contributed by atoms with Gasteiger partial charge in [0.15, 0.2) is 0 Å². The Hall–Kier alpha value is -1.93. The van der Waals surface area contributed by atoms with Crippen molar-refractivity contribution in [2.24, 2.45) is 0 Å². The van der Waals surface area contributed by atoms with Gasteiger partial charge in [-0.05, 0) is 12.5 Å². The summed E-state index contributed by atoms with van der Waals surface area (Å²) in [6, 6.07) is 7.77. The predicted octanol–water partition coefficient (Wildman–Crippen LogP) is 0.0800. The molecule has 1 amide bonds. The normalized spacial score (nSPS) is 12.9. The van der Waals surface area contributed by atoms with Crippen LogP contribution in [0.3, 0.4) is 0 Å². The van der Waals surface area contributed by atoms with Crippen LogP contribution in [0, 0.1) is 0 Å². The minimum absolute atomic E-state index is 0.122. The second-order valence-electron chi connectivity index (χ2n) is 4.80. The number of carbonyl (C=O) groups is 2. The summed E-state index contributed by atoms with van der Waals surface area (Å²) in [5.41, 5.74) is 0.768. The standard InChI is InChI=1S/C14H20N2O5S/c1-3-22(20,21)16(2)10-13(17)15-12(14(18)19)9-11-7-5-4-6-8-11/h4-8,12H,3,9-10H2,1-2H3,(H,15,17)(H,18,19). The van der Waals surface area contributed by atoms with E-state index < -0.39 is 34.5 Å². The summed E-state index contributed by atoms with van der Waals surface area (Å²) in [6.45, 7) is 1.06. The number of hydrogen-bond acceptors (Lipinski definition) is 4. The third-order valence-corrected chi connectivity index (χ3v) is 4.93. The zero-order valence-corrected chi connectivity index (χ0v) is 13.3. The second-order valence-corrected chi connectivity index (χ2v) is 7.17. The van der Waals surface area contributed by atoms with Gasteiger partial charge < -0.3 is 10.4 Å². The molecule has 0 saturated heterocycles. The van der Waals surface area contributed by atoms with Crippen molar-refractivity contribution in [3.63, 3.8) is 0 Å². The van der Waals surface area contributed by atoms with E-state index in [1.165, 1.54) is 14.0 Å². The molecule has 0 bridgehead atoms. The number of carboxylic acid groups (broad SMARTS) is 1. The molecule has 122 valence electrons. The number of carbonyl (C=O) groups excluding carboxylic acids is 1. The molecule has 0 fully saturated rings. The highest BCUT2D eigenvalue weighted by atomic mass is 32.2. The van der Waals surface area contributed by atoms with E-state index in [1.807, 2.05) is 6.07 Å². The van der Waals surface area contributed by atoms with E-state index in [0.717, 1.165) is 9.87 Å². The molecular weight excluding hydrogens is 308 g/mol. The van der Waals surface area contributed by atoms with Gasteiger partial charge in [0.05, 0.1) is 12.3 Å². The fraction of sp³-hybridized carbons (Fsp3) is 0.429. The average molecular weight is 328 g/mol. The van der Waals surface area contributed by atoms with Gasteiger partial charge in [0, 0.05) is 13.5 Å². The Balaban J connectivity index is 2.68. The number of likely N-dealkylation sites (N-methyl/N-ethyl adjacent to an activating group) is 1. The largest absolute Gasteiger partial charge is 0.480 e. The maximum Gasteiger partial charge on any atom is 0.326 e. The molecule has 0 spiro atoms. The van der Waals surface area contributed by atoms with E-state index in [2.05, 4.69) is 5.32 Å². The van der Waals surface area contributed by atoms with Crippen LogP contribution >= 0.6 is 0 Å². The third kappa shape index (κ3) is 5.45. The monoisotopic (exact) mass is 328 g/mol. The van der Waals surface area contributed by atoms with Crippen LogP contribution in [0.25, 0.3) is 0 Å². The molecule has 7 nitrogen and oxygen atoms in total. The van der Waals surface area contributed by atoms with Gasteiger partial charge >= 0.3 is 5.97 Å². The second kappa shape index (κ2) is 7.90. The van der Waals surface area contributed by atoms with Crippen molar-refractivity contribution in [1.82, 2.24) is 9.62 Å². The van der Waals surface area contributed by atoms with Crippen LogP contribution in [0.2, 0.25) is 0 Å². The van der Waals surface area contributed by atoms with Crippen LogP contribution in [-0.4, -0.2) is 55.1 Å². The van der Waals surface area contributed by atoms with Gasteiger partial charge in [-0.1, -0.05) is 30.3 Å². The van der Waals surface area contributed by atoms with E-state index in [9.17, 15) is 23.1 Å². The SMILES string of the molecule is CCS(=O)(=O)N(C)CC(=O)NC(Cc1ccccc1)C(=O)O. The highest BCUT2D eigenvalue weighted by Gasteiger charge is 2.23. The first-order chi connectivity index (χ1) is 10.3. The number of rotatable bonds is 8. The number of amides is 1. The Kier molecular flexibility index (Phi) is 6.51. The van der Waals surface area contributed by atoms with Crippen LogP contribution in [0.5, 0.6) is 0 Å². The number of aliphatic carboxylic acids is 1. The summed E-state index contributed by atoms with van der Waals surface area (Å²) in [4.78, 5) is 23.1. The maximum atomic E-state index is 11.8. The molecule has 0 heterocycles. The average Bonchev–Trinajstić information content (AvgIpc) is 2.47. The lowest BCUT2D eigenvalue weighted by atomic mass is 10.1. The molecule has 0 aromatic heterocycles. The Morgan fingerprint density at radius 2 is 1.86 bits per heavy atom. The van der Waals surface area contributed by atoms with Crippen LogP contribution in [0.4, 0.5) is 0 Å². The van der Waals surface area contributed by atoms with E-state index in [-0.39, 0.29) is 12.2 Å². The van der Waals surface area contributed by atoms with Crippen LogP contribution < -0.4 is 5.32 Å². The van der Waals surface area contributed by atoms with Crippen molar-refractivity contribution >= 4 is 21.9 Å². The zero-order chi connectivity index (χ0) is 16.8. The molecule has 1 unspecified atom stereocenters. The van der Waals surface area contributed by atoms with Gasteiger partial charge in [0.25, 0.3) is 0 Å². The first kappa shape index (κ1) is 18.1. The van der Waals surface area contributed by atoms with Gasteiger partial charge in [-0.25, -0.2) is 13.2 Å². The first-order valence-electron chi connectivity index (χ1n) is 6.76. The van der Waals surface area contributed by atoms with Gasteiger partial charge in [-0.15, -0.1) is 0 Å². The minimum atomic E-state index is -3.48. The van der Waals surface area contributed by atoms with Gasteiger partial charge in [0.2, 0.25) is 15.9 Å². The first-order valence-corrected chi connectivity index (χ1v) is 8.37. The molecule has 8 heteroatoms. The lowest BCUT2D eigenvalue weighted by molar-refractivity contribution is -0.141. The Morgan fingerprint density at radius 3 is 2.36 bits per heavy atom. The quantitative estimate of drug-likeness (QED) is 0.703. The summed E-state index contributed by atoms with van der Waals surface area (Å²) in [6.07, 6.45) is 0.131. The van der Waals surface area contributed by atoms with E-state index in [4.69, 9.17) is 0 Å². The van der Waals surface area contributed by atoms with Crippen molar-refractivity contribution in [2.45, 2.75) is 19.4 Å². The molecule has 0 radical (unpaired) electrons. The Labute approximate surface area is 130 Å². The summed E-state index contributed by atoms with van der Waals surface area (Å²) in [5.74, 6) is -1.94. The highest BCUT2D eigenvalue weighted by Crippen LogP contribution is 2.04. The van der Waals surface area contributed by atoms with Crippen LogP contribution in [-0.2, 0) is 26.0 Å². The molecule has 1 rings (SSSR count). The van der Waals surface area contributed by atoms with E-state index in [1.54, 1.807) is 24.3 Å². The summed E-state index contributed by atoms with van der Waals surface area (Å²) >= 11 is 0. The summed E-state index contributed by atoms with van der Waals surface area (Å²) in [7, 11) is -2.20.